The minimum absolute atomic E-state index is 0.211. The Labute approximate surface area is 152 Å². The topological polar surface area (TPSA) is 79.6 Å². The normalized spacial score (nSPS) is 11.1. The van der Waals surface area contributed by atoms with Gasteiger partial charge in [-0.15, -0.1) is 0 Å². The van der Waals surface area contributed by atoms with E-state index in [0.717, 1.165) is 0 Å². The second-order valence-corrected chi connectivity index (χ2v) is 7.56. The van der Waals surface area contributed by atoms with Gasteiger partial charge >= 0.3 is 0 Å². The first kappa shape index (κ1) is 17.8. The number of hydrogen-bond donors (Lipinski definition) is 1. The molecular weight excluding hydrogens is 352 g/mol. The van der Waals surface area contributed by atoms with Crippen molar-refractivity contribution in [3.63, 3.8) is 0 Å². The molecule has 0 aliphatic rings. The molecular formula is C19H18N2O4S. The van der Waals surface area contributed by atoms with Crippen LogP contribution >= 0.6 is 0 Å². The van der Waals surface area contributed by atoms with Crippen LogP contribution in [0.2, 0.25) is 0 Å². The van der Waals surface area contributed by atoms with Crippen LogP contribution in [0, 0.1) is 0 Å². The summed E-state index contributed by atoms with van der Waals surface area (Å²) in [5, 5.41) is 2.74. The third-order valence-electron chi connectivity index (χ3n) is 3.90. The van der Waals surface area contributed by atoms with Gasteiger partial charge in [-0.05, 0) is 48.5 Å². The number of furan rings is 1. The van der Waals surface area contributed by atoms with Crippen LogP contribution in [0.5, 0.6) is 0 Å². The third kappa shape index (κ3) is 3.78. The first-order chi connectivity index (χ1) is 12.5. The van der Waals surface area contributed by atoms with E-state index in [1.807, 2.05) is 0 Å². The first-order valence-corrected chi connectivity index (χ1v) is 9.37. The molecule has 6 nitrogen and oxygen atoms in total. The Morgan fingerprint density at radius 3 is 2.31 bits per heavy atom. The molecule has 0 radical (unpaired) electrons. The molecule has 7 heteroatoms. The Bertz CT molecular complexity index is 966. The van der Waals surface area contributed by atoms with Crippen molar-refractivity contribution in [3.05, 3.63) is 84.3 Å². The number of carbonyl (C=O) groups is 1. The van der Waals surface area contributed by atoms with E-state index in [2.05, 4.69) is 5.32 Å². The molecule has 0 bridgehead atoms. The zero-order valence-corrected chi connectivity index (χ0v) is 14.9. The zero-order valence-electron chi connectivity index (χ0n) is 14.1. The number of nitrogens with zero attached hydrogens (tertiary/aromatic N) is 1. The highest BCUT2D eigenvalue weighted by Gasteiger charge is 2.21. The Balaban J connectivity index is 1.71. The number of carbonyl (C=O) groups excluding carboxylic acids is 1. The molecule has 1 N–H and O–H groups in total. The molecule has 2 aromatic carbocycles. The van der Waals surface area contributed by atoms with E-state index < -0.39 is 10.0 Å². The fraction of sp³-hybridized carbons (Fsp3) is 0.105. The highest BCUT2D eigenvalue weighted by Crippen LogP contribution is 2.22. The van der Waals surface area contributed by atoms with Gasteiger partial charge in [0.2, 0.25) is 0 Å². The average molecular weight is 370 g/mol. The number of amides is 1. The number of hydrogen-bond acceptors (Lipinski definition) is 4. The number of nitrogens with one attached hydrogen (secondary N) is 1. The van der Waals surface area contributed by atoms with Crippen molar-refractivity contribution in [2.24, 2.45) is 0 Å². The van der Waals surface area contributed by atoms with Gasteiger partial charge in [-0.25, -0.2) is 8.42 Å². The van der Waals surface area contributed by atoms with E-state index in [9.17, 15) is 13.2 Å². The molecule has 1 aromatic heterocycles. The van der Waals surface area contributed by atoms with Crippen molar-refractivity contribution in [1.29, 1.82) is 0 Å². The Hall–Kier alpha value is -3.06. The van der Waals surface area contributed by atoms with Crippen molar-refractivity contribution in [3.8, 4) is 0 Å². The minimum atomic E-state index is -3.64. The van der Waals surface area contributed by atoms with Crippen molar-refractivity contribution in [2.75, 3.05) is 11.4 Å². The van der Waals surface area contributed by atoms with E-state index in [1.54, 1.807) is 73.0 Å². The lowest BCUT2D eigenvalue weighted by atomic mass is 10.2. The summed E-state index contributed by atoms with van der Waals surface area (Å²) >= 11 is 0. The lowest BCUT2D eigenvalue weighted by Gasteiger charge is -2.19. The van der Waals surface area contributed by atoms with Gasteiger partial charge in [-0.2, -0.15) is 0 Å². The van der Waals surface area contributed by atoms with E-state index in [1.165, 1.54) is 11.4 Å². The molecule has 26 heavy (non-hydrogen) atoms. The second-order valence-electron chi connectivity index (χ2n) is 5.59. The summed E-state index contributed by atoms with van der Waals surface area (Å²) in [4.78, 5) is 12.4. The molecule has 1 heterocycles. The maximum atomic E-state index is 12.6. The molecule has 0 aliphatic heterocycles. The molecule has 134 valence electrons. The summed E-state index contributed by atoms with van der Waals surface area (Å²) in [5.41, 5.74) is 0.905. The zero-order chi connectivity index (χ0) is 18.6. The Morgan fingerprint density at radius 2 is 1.69 bits per heavy atom. The lowest BCUT2D eigenvalue weighted by Crippen LogP contribution is -2.27. The molecule has 3 aromatic rings. The van der Waals surface area contributed by atoms with Gasteiger partial charge in [0.05, 0.1) is 23.4 Å². The number of rotatable bonds is 6. The predicted octanol–water partition coefficient (Wildman–Crippen LogP) is 3.03. The summed E-state index contributed by atoms with van der Waals surface area (Å²) in [5.74, 6) is 0.394. The third-order valence-corrected chi connectivity index (χ3v) is 5.70. The van der Waals surface area contributed by atoms with Crippen LogP contribution in [0.1, 0.15) is 16.1 Å². The van der Waals surface area contributed by atoms with Gasteiger partial charge in [0.15, 0.2) is 0 Å². The van der Waals surface area contributed by atoms with Crippen LogP contribution in [0.3, 0.4) is 0 Å². The molecule has 0 unspecified atom stereocenters. The highest BCUT2D eigenvalue weighted by atomic mass is 32.2. The summed E-state index contributed by atoms with van der Waals surface area (Å²) in [6.07, 6.45) is 1.54. The minimum Gasteiger partial charge on any atom is -0.467 e. The van der Waals surface area contributed by atoms with Crippen LogP contribution in [-0.2, 0) is 16.6 Å². The first-order valence-electron chi connectivity index (χ1n) is 7.93. The Kier molecular flexibility index (Phi) is 5.09. The largest absolute Gasteiger partial charge is 0.467 e. The molecule has 3 rings (SSSR count). The van der Waals surface area contributed by atoms with Crippen LogP contribution in [0.15, 0.2) is 82.3 Å². The molecule has 0 saturated carbocycles. The maximum absolute atomic E-state index is 12.6. The van der Waals surface area contributed by atoms with Crippen LogP contribution < -0.4 is 9.62 Å². The van der Waals surface area contributed by atoms with Gasteiger partial charge in [0.1, 0.15) is 5.76 Å². The predicted molar refractivity (Wildman–Crippen MR) is 98.4 cm³/mol. The molecule has 1 amide bonds. The monoisotopic (exact) mass is 370 g/mol. The van der Waals surface area contributed by atoms with E-state index in [-0.39, 0.29) is 17.3 Å². The van der Waals surface area contributed by atoms with Gasteiger partial charge < -0.3 is 9.73 Å². The van der Waals surface area contributed by atoms with Crippen molar-refractivity contribution < 1.29 is 17.6 Å². The van der Waals surface area contributed by atoms with E-state index in [0.29, 0.717) is 17.0 Å². The molecule has 0 fully saturated rings. The average Bonchev–Trinajstić information content (AvgIpc) is 3.20. The standard InChI is InChI=1S/C19H18N2O4S/c1-21(26(23,24)18-7-3-2-4-8-18)16-11-9-15(10-12-16)19(22)20-14-17-6-5-13-25-17/h2-13H,14H2,1H3,(H,20,22). The van der Waals surface area contributed by atoms with Gasteiger partial charge in [-0.3, -0.25) is 9.10 Å². The molecule has 0 spiro atoms. The SMILES string of the molecule is CN(c1ccc(C(=O)NCc2ccco2)cc1)S(=O)(=O)c1ccccc1. The number of benzene rings is 2. The lowest BCUT2D eigenvalue weighted by molar-refractivity contribution is 0.0948. The molecule has 0 saturated heterocycles. The van der Waals surface area contributed by atoms with Gasteiger partial charge in [-0.1, -0.05) is 18.2 Å². The highest BCUT2D eigenvalue weighted by molar-refractivity contribution is 7.92. The fourth-order valence-electron chi connectivity index (χ4n) is 2.39. The summed E-state index contributed by atoms with van der Waals surface area (Å²) in [6, 6.07) is 18.1. The summed E-state index contributed by atoms with van der Waals surface area (Å²) in [7, 11) is -2.16. The molecule has 0 aliphatic carbocycles. The number of anilines is 1. The van der Waals surface area contributed by atoms with Crippen LogP contribution in [0.4, 0.5) is 5.69 Å². The van der Waals surface area contributed by atoms with Gasteiger partial charge in [0, 0.05) is 12.6 Å². The Morgan fingerprint density at radius 1 is 1.00 bits per heavy atom. The fourth-order valence-corrected chi connectivity index (χ4v) is 3.61. The quantitative estimate of drug-likeness (QED) is 0.723. The second kappa shape index (κ2) is 7.45. The van der Waals surface area contributed by atoms with Crippen molar-refractivity contribution in [1.82, 2.24) is 5.32 Å². The molecule has 0 atom stereocenters. The smallest absolute Gasteiger partial charge is 0.264 e. The van der Waals surface area contributed by atoms with Gasteiger partial charge in [0.25, 0.3) is 15.9 Å². The van der Waals surface area contributed by atoms with E-state index in [4.69, 9.17) is 4.42 Å². The number of sulfonamides is 1. The summed E-state index contributed by atoms with van der Waals surface area (Å²) < 4.78 is 31.6. The summed E-state index contributed by atoms with van der Waals surface area (Å²) in [6.45, 7) is 0.288. The van der Waals surface area contributed by atoms with Crippen molar-refractivity contribution in [2.45, 2.75) is 11.4 Å². The van der Waals surface area contributed by atoms with Crippen LogP contribution in [-0.4, -0.2) is 21.4 Å². The van der Waals surface area contributed by atoms with E-state index >= 15 is 0 Å². The van der Waals surface area contributed by atoms with Crippen molar-refractivity contribution >= 4 is 21.6 Å². The van der Waals surface area contributed by atoms with Crippen LogP contribution in [0.25, 0.3) is 0 Å². The maximum Gasteiger partial charge on any atom is 0.264 e.